The molecule has 0 saturated heterocycles. The van der Waals surface area contributed by atoms with Crippen LogP contribution in [-0.2, 0) is 22.5 Å². The van der Waals surface area contributed by atoms with Crippen LogP contribution in [0.3, 0.4) is 0 Å². The summed E-state index contributed by atoms with van der Waals surface area (Å²) in [6.07, 6.45) is 2.89. The lowest BCUT2D eigenvalue weighted by atomic mass is 10.1. The van der Waals surface area contributed by atoms with E-state index in [0.717, 1.165) is 17.9 Å². The normalized spacial score (nSPS) is 16.0. The van der Waals surface area contributed by atoms with Crippen LogP contribution in [0.5, 0.6) is 5.75 Å². The third kappa shape index (κ3) is 4.01. The molecule has 1 aliphatic rings. The van der Waals surface area contributed by atoms with Crippen LogP contribution in [0, 0.1) is 0 Å². The molecule has 7 nitrogen and oxygen atoms in total. The number of rotatable bonds is 6. The summed E-state index contributed by atoms with van der Waals surface area (Å²) in [6.45, 7) is 0.997. The second-order valence-electron chi connectivity index (χ2n) is 6.25. The van der Waals surface area contributed by atoms with Crippen molar-refractivity contribution in [1.82, 2.24) is 20.3 Å². The van der Waals surface area contributed by atoms with Gasteiger partial charge in [0, 0.05) is 4.88 Å². The molecule has 8 heteroatoms. The first-order valence-corrected chi connectivity index (χ1v) is 9.61. The number of nitrogens with zero attached hydrogens (tertiary/aromatic N) is 3. The highest BCUT2D eigenvalue weighted by atomic mass is 32.1. The fourth-order valence-electron chi connectivity index (χ4n) is 3.05. The summed E-state index contributed by atoms with van der Waals surface area (Å²) in [7, 11) is 1.63. The Kier molecular flexibility index (Phi) is 5.17. The van der Waals surface area contributed by atoms with Gasteiger partial charge in [0.05, 0.1) is 38.6 Å². The average molecular weight is 384 g/mol. The number of carbonyl (C=O) groups excluding carboxylic acids is 1. The van der Waals surface area contributed by atoms with Gasteiger partial charge in [-0.3, -0.25) is 4.79 Å². The van der Waals surface area contributed by atoms with Crippen molar-refractivity contribution in [2.75, 3.05) is 13.7 Å². The van der Waals surface area contributed by atoms with Crippen molar-refractivity contribution in [3.8, 4) is 11.4 Å². The Balaban J connectivity index is 1.33. The zero-order valence-corrected chi connectivity index (χ0v) is 15.7. The van der Waals surface area contributed by atoms with Crippen molar-refractivity contribution < 1.29 is 14.3 Å². The van der Waals surface area contributed by atoms with Gasteiger partial charge < -0.3 is 14.8 Å². The standard InChI is InChI=1S/C19H20N4O3S/c1-25-16-4-2-15(3-5-16)23-12-14(21-22-23)11-20-18(24)10-17-19-13(6-8-26-17)7-9-27-19/h2-5,7,9,12,17H,6,8,10-11H2,1H3,(H,20,24). The molecule has 1 unspecified atom stereocenters. The van der Waals surface area contributed by atoms with Gasteiger partial charge in [-0.2, -0.15) is 0 Å². The number of carbonyl (C=O) groups is 1. The molecule has 140 valence electrons. The third-order valence-corrected chi connectivity index (χ3v) is 5.53. The molecule has 3 aromatic rings. The van der Waals surface area contributed by atoms with Crippen LogP contribution in [0.15, 0.2) is 41.9 Å². The van der Waals surface area contributed by atoms with E-state index in [1.165, 1.54) is 10.4 Å². The first-order valence-electron chi connectivity index (χ1n) is 8.73. The van der Waals surface area contributed by atoms with Gasteiger partial charge in [0.25, 0.3) is 0 Å². The monoisotopic (exact) mass is 384 g/mol. The van der Waals surface area contributed by atoms with Gasteiger partial charge in [0.1, 0.15) is 17.5 Å². The fourth-order valence-corrected chi connectivity index (χ4v) is 4.05. The number of aromatic nitrogens is 3. The van der Waals surface area contributed by atoms with E-state index in [1.54, 1.807) is 29.3 Å². The van der Waals surface area contributed by atoms with Crippen LogP contribution in [-0.4, -0.2) is 34.6 Å². The Morgan fingerprint density at radius 3 is 3.04 bits per heavy atom. The van der Waals surface area contributed by atoms with Gasteiger partial charge in [-0.05, 0) is 47.7 Å². The van der Waals surface area contributed by atoms with Crippen LogP contribution in [0.1, 0.15) is 28.7 Å². The molecule has 3 heterocycles. The number of amides is 1. The zero-order valence-electron chi connectivity index (χ0n) is 14.9. The largest absolute Gasteiger partial charge is 0.497 e. The van der Waals surface area contributed by atoms with Gasteiger partial charge in [-0.15, -0.1) is 16.4 Å². The molecule has 0 spiro atoms. The molecule has 0 fully saturated rings. The summed E-state index contributed by atoms with van der Waals surface area (Å²) < 4.78 is 12.6. The molecule has 1 atom stereocenters. The molecule has 4 rings (SSSR count). The molecule has 1 N–H and O–H groups in total. The molecule has 0 saturated carbocycles. The summed E-state index contributed by atoms with van der Waals surface area (Å²) in [6, 6.07) is 9.64. The number of nitrogens with one attached hydrogen (secondary N) is 1. The van der Waals surface area contributed by atoms with E-state index < -0.39 is 0 Å². The molecule has 2 aromatic heterocycles. The molecule has 1 aliphatic heterocycles. The number of thiophene rings is 1. The highest BCUT2D eigenvalue weighted by Gasteiger charge is 2.24. The molecule has 0 radical (unpaired) electrons. The molecule has 0 aliphatic carbocycles. The van der Waals surface area contributed by atoms with E-state index in [4.69, 9.17) is 9.47 Å². The van der Waals surface area contributed by atoms with Gasteiger partial charge in [0.2, 0.25) is 5.91 Å². The molecule has 0 bridgehead atoms. The van der Waals surface area contributed by atoms with Crippen molar-refractivity contribution in [1.29, 1.82) is 0 Å². The van der Waals surface area contributed by atoms with E-state index in [9.17, 15) is 4.79 Å². The lowest BCUT2D eigenvalue weighted by Crippen LogP contribution is -2.27. The predicted molar refractivity (Wildman–Crippen MR) is 101 cm³/mol. The fraction of sp³-hybridized carbons (Fsp3) is 0.316. The van der Waals surface area contributed by atoms with Gasteiger partial charge in [0.15, 0.2) is 0 Å². The summed E-state index contributed by atoms with van der Waals surface area (Å²) in [5, 5.41) is 13.2. The summed E-state index contributed by atoms with van der Waals surface area (Å²) in [4.78, 5) is 13.5. The maximum atomic E-state index is 12.3. The highest BCUT2D eigenvalue weighted by molar-refractivity contribution is 7.10. The minimum atomic E-state index is -0.149. The second-order valence-corrected chi connectivity index (χ2v) is 7.20. The van der Waals surface area contributed by atoms with Crippen molar-refractivity contribution in [3.63, 3.8) is 0 Å². The van der Waals surface area contributed by atoms with E-state index in [1.807, 2.05) is 24.3 Å². The lowest BCUT2D eigenvalue weighted by Gasteiger charge is -2.22. The maximum absolute atomic E-state index is 12.3. The Labute approximate surface area is 160 Å². The topological polar surface area (TPSA) is 78.3 Å². The van der Waals surface area contributed by atoms with E-state index >= 15 is 0 Å². The smallest absolute Gasteiger partial charge is 0.223 e. The van der Waals surface area contributed by atoms with Gasteiger partial charge >= 0.3 is 0 Å². The number of methoxy groups -OCH3 is 1. The summed E-state index contributed by atoms with van der Waals surface area (Å²) in [5.41, 5.74) is 2.87. The molecular formula is C19H20N4O3S. The quantitative estimate of drug-likeness (QED) is 0.707. The van der Waals surface area contributed by atoms with Crippen LogP contribution in [0.4, 0.5) is 0 Å². The Bertz CT molecular complexity index is 919. The number of ether oxygens (including phenoxy) is 2. The SMILES string of the molecule is COc1ccc(-n2cc(CNC(=O)CC3OCCc4ccsc43)nn2)cc1. The second kappa shape index (κ2) is 7.89. The van der Waals surface area contributed by atoms with Crippen molar-refractivity contribution in [2.24, 2.45) is 0 Å². The van der Waals surface area contributed by atoms with Crippen molar-refractivity contribution >= 4 is 17.2 Å². The number of hydrogen-bond donors (Lipinski definition) is 1. The minimum Gasteiger partial charge on any atom is -0.497 e. The van der Waals surface area contributed by atoms with Gasteiger partial charge in [-0.1, -0.05) is 5.21 Å². The van der Waals surface area contributed by atoms with E-state index in [2.05, 4.69) is 27.1 Å². The van der Waals surface area contributed by atoms with Crippen molar-refractivity contribution in [2.45, 2.75) is 25.5 Å². The molecule has 1 aromatic carbocycles. The molecular weight excluding hydrogens is 364 g/mol. The number of hydrogen-bond acceptors (Lipinski definition) is 6. The van der Waals surface area contributed by atoms with Crippen LogP contribution >= 0.6 is 11.3 Å². The Hall–Kier alpha value is -2.71. The minimum absolute atomic E-state index is 0.0553. The van der Waals surface area contributed by atoms with Crippen LogP contribution in [0.2, 0.25) is 0 Å². The Morgan fingerprint density at radius 2 is 2.22 bits per heavy atom. The maximum Gasteiger partial charge on any atom is 0.223 e. The number of fused-ring (bicyclic) bond motifs is 1. The highest BCUT2D eigenvalue weighted by Crippen LogP contribution is 2.33. The van der Waals surface area contributed by atoms with E-state index in [0.29, 0.717) is 25.3 Å². The zero-order chi connectivity index (χ0) is 18.6. The molecule has 27 heavy (non-hydrogen) atoms. The Morgan fingerprint density at radius 1 is 1.37 bits per heavy atom. The average Bonchev–Trinajstić information content (AvgIpc) is 3.36. The first kappa shape index (κ1) is 17.7. The summed E-state index contributed by atoms with van der Waals surface area (Å²) >= 11 is 1.65. The van der Waals surface area contributed by atoms with E-state index in [-0.39, 0.29) is 12.0 Å². The van der Waals surface area contributed by atoms with Crippen molar-refractivity contribution in [3.05, 3.63) is 58.0 Å². The van der Waals surface area contributed by atoms with Crippen LogP contribution in [0.25, 0.3) is 5.69 Å². The molecule has 1 amide bonds. The lowest BCUT2D eigenvalue weighted by molar-refractivity contribution is -0.124. The first-order chi connectivity index (χ1) is 13.2. The number of benzene rings is 1. The van der Waals surface area contributed by atoms with Gasteiger partial charge in [-0.25, -0.2) is 4.68 Å². The van der Waals surface area contributed by atoms with Crippen LogP contribution < -0.4 is 10.1 Å². The predicted octanol–water partition coefficient (Wildman–Crippen LogP) is 2.66. The summed E-state index contributed by atoms with van der Waals surface area (Å²) in [5.74, 6) is 0.727. The third-order valence-electron chi connectivity index (χ3n) is 4.48.